The number of benzene rings is 3. The lowest BCUT2D eigenvalue weighted by Gasteiger charge is -2.40. The molecule has 1 amide bonds. The topological polar surface area (TPSA) is 23.6 Å². The number of hydrogen-bond donors (Lipinski definition) is 0. The summed E-state index contributed by atoms with van der Waals surface area (Å²) in [5, 5.41) is 0. The molecule has 0 bridgehead atoms. The lowest BCUT2D eigenvalue weighted by atomic mass is 9.95. The standard InChI is InChI=1S/C25H24F2N2O/c1-18-10-12-20(13-11-18)24(19-6-3-2-4-7-19)28-14-16-29(17-15-28)25(30)23-21(26)8-5-9-22(23)27/h2-13,24H,14-17H2,1H3/t24-/m0/s1. The average Bonchev–Trinajstić information content (AvgIpc) is 2.76. The van der Waals surface area contributed by atoms with E-state index in [-0.39, 0.29) is 6.04 Å². The molecule has 0 N–H and O–H groups in total. The van der Waals surface area contributed by atoms with Gasteiger partial charge in [-0.05, 0) is 30.2 Å². The minimum atomic E-state index is -0.816. The van der Waals surface area contributed by atoms with Gasteiger partial charge in [0.05, 0.1) is 6.04 Å². The molecule has 0 radical (unpaired) electrons. The van der Waals surface area contributed by atoms with Crippen LogP contribution >= 0.6 is 0 Å². The van der Waals surface area contributed by atoms with Gasteiger partial charge in [0.15, 0.2) is 0 Å². The fourth-order valence-electron chi connectivity index (χ4n) is 4.04. The first-order valence-corrected chi connectivity index (χ1v) is 10.1. The number of aryl methyl sites for hydroxylation is 1. The molecule has 3 aromatic rings. The minimum Gasteiger partial charge on any atom is -0.336 e. The third-order valence-electron chi connectivity index (χ3n) is 5.65. The van der Waals surface area contributed by atoms with Gasteiger partial charge < -0.3 is 4.90 Å². The second-order valence-corrected chi connectivity index (χ2v) is 7.65. The van der Waals surface area contributed by atoms with E-state index < -0.39 is 23.1 Å². The van der Waals surface area contributed by atoms with E-state index in [9.17, 15) is 13.6 Å². The van der Waals surface area contributed by atoms with E-state index in [0.717, 1.165) is 12.1 Å². The van der Waals surface area contributed by atoms with Crippen molar-refractivity contribution in [3.8, 4) is 0 Å². The van der Waals surface area contributed by atoms with Crippen LogP contribution in [0.4, 0.5) is 8.78 Å². The molecule has 1 aliphatic heterocycles. The van der Waals surface area contributed by atoms with Gasteiger partial charge in [-0.25, -0.2) is 8.78 Å². The quantitative estimate of drug-likeness (QED) is 0.620. The summed E-state index contributed by atoms with van der Waals surface area (Å²) >= 11 is 0. The van der Waals surface area contributed by atoms with Crippen LogP contribution in [0, 0.1) is 18.6 Å². The molecule has 4 rings (SSSR count). The third kappa shape index (κ3) is 4.12. The van der Waals surface area contributed by atoms with E-state index in [1.54, 1.807) is 0 Å². The first kappa shape index (κ1) is 20.2. The Labute approximate surface area is 175 Å². The van der Waals surface area contributed by atoms with Crippen LogP contribution in [0.5, 0.6) is 0 Å². The highest BCUT2D eigenvalue weighted by atomic mass is 19.1. The maximum Gasteiger partial charge on any atom is 0.259 e. The maximum absolute atomic E-state index is 14.0. The van der Waals surface area contributed by atoms with Crippen LogP contribution in [0.25, 0.3) is 0 Å². The predicted octanol–water partition coefficient (Wildman–Crippen LogP) is 4.82. The molecule has 1 atom stereocenters. The van der Waals surface area contributed by atoms with Gasteiger partial charge in [-0.3, -0.25) is 9.69 Å². The molecule has 5 heteroatoms. The van der Waals surface area contributed by atoms with Crippen LogP contribution in [0.3, 0.4) is 0 Å². The summed E-state index contributed by atoms with van der Waals surface area (Å²) in [5.74, 6) is -2.22. The highest BCUT2D eigenvalue weighted by molar-refractivity contribution is 5.94. The van der Waals surface area contributed by atoms with E-state index in [1.165, 1.54) is 27.7 Å². The van der Waals surface area contributed by atoms with Crippen LogP contribution in [0.1, 0.15) is 33.1 Å². The molecule has 0 aliphatic carbocycles. The molecule has 3 aromatic carbocycles. The highest BCUT2D eigenvalue weighted by Crippen LogP contribution is 2.30. The number of amides is 1. The number of rotatable bonds is 4. The molecule has 0 saturated carbocycles. The Morgan fingerprint density at radius 3 is 1.93 bits per heavy atom. The van der Waals surface area contributed by atoms with Crippen molar-refractivity contribution < 1.29 is 13.6 Å². The summed E-state index contributed by atoms with van der Waals surface area (Å²) in [6.45, 7) is 4.14. The molecule has 1 aliphatic rings. The molecule has 1 fully saturated rings. The number of nitrogens with zero attached hydrogens (tertiary/aromatic N) is 2. The van der Waals surface area contributed by atoms with Crippen molar-refractivity contribution >= 4 is 5.91 Å². The zero-order valence-electron chi connectivity index (χ0n) is 16.9. The number of carbonyl (C=O) groups is 1. The lowest BCUT2D eigenvalue weighted by molar-refractivity contribution is 0.0588. The number of hydrogen-bond acceptors (Lipinski definition) is 2. The van der Waals surface area contributed by atoms with Gasteiger partial charge in [-0.15, -0.1) is 0 Å². The molecule has 0 unspecified atom stereocenters. The van der Waals surface area contributed by atoms with Gasteiger partial charge in [-0.1, -0.05) is 66.2 Å². The lowest BCUT2D eigenvalue weighted by Crippen LogP contribution is -2.50. The molecule has 0 spiro atoms. The zero-order valence-corrected chi connectivity index (χ0v) is 16.9. The molecule has 3 nitrogen and oxygen atoms in total. The Balaban J connectivity index is 1.54. The molecular formula is C25H24F2N2O. The summed E-state index contributed by atoms with van der Waals surface area (Å²) in [6.07, 6.45) is 0. The number of halogens is 2. The Bertz CT molecular complexity index is 993. The second kappa shape index (κ2) is 8.76. The number of piperazine rings is 1. The molecule has 0 aromatic heterocycles. The van der Waals surface area contributed by atoms with Crippen molar-refractivity contribution in [1.82, 2.24) is 9.80 Å². The van der Waals surface area contributed by atoms with E-state index in [0.29, 0.717) is 26.2 Å². The molecule has 154 valence electrons. The summed E-state index contributed by atoms with van der Waals surface area (Å²) < 4.78 is 28.1. The van der Waals surface area contributed by atoms with E-state index >= 15 is 0 Å². The predicted molar refractivity (Wildman–Crippen MR) is 113 cm³/mol. The summed E-state index contributed by atoms with van der Waals surface area (Å²) in [6, 6.07) is 22.3. The van der Waals surface area contributed by atoms with Crippen LogP contribution in [-0.4, -0.2) is 41.9 Å². The number of carbonyl (C=O) groups excluding carboxylic acids is 1. The molecule has 30 heavy (non-hydrogen) atoms. The second-order valence-electron chi connectivity index (χ2n) is 7.65. The average molecular weight is 406 g/mol. The van der Waals surface area contributed by atoms with Gasteiger partial charge in [0.2, 0.25) is 0 Å². The Hall–Kier alpha value is -3.05. The summed E-state index contributed by atoms with van der Waals surface area (Å²) in [5.41, 5.74) is 3.10. The first-order chi connectivity index (χ1) is 14.5. The van der Waals surface area contributed by atoms with Crippen LogP contribution in [0.15, 0.2) is 72.8 Å². The molecule has 1 saturated heterocycles. The van der Waals surface area contributed by atoms with Gasteiger partial charge in [0, 0.05) is 26.2 Å². The largest absolute Gasteiger partial charge is 0.336 e. The van der Waals surface area contributed by atoms with Crippen molar-refractivity contribution in [1.29, 1.82) is 0 Å². The monoisotopic (exact) mass is 406 g/mol. The Morgan fingerprint density at radius 1 is 0.767 bits per heavy atom. The minimum absolute atomic E-state index is 0.0641. The van der Waals surface area contributed by atoms with Gasteiger partial charge in [0.1, 0.15) is 17.2 Å². The Morgan fingerprint density at radius 2 is 1.33 bits per heavy atom. The summed E-state index contributed by atoms with van der Waals surface area (Å²) in [4.78, 5) is 16.6. The fraction of sp³-hybridized carbons (Fsp3) is 0.240. The summed E-state index contributed by atoms with van der Waals surface area (Å²) in [7, 11) is 0. The smallest absolute Gasteiger partial charge is 0.259 e. The van der Waals surface area contributed by atoms with Gasteiger partial charge in [0.25, 0.3) is 5.91 Å². The maximum atomic E-state index is 14.0. The van der Waals surface area contributed by atoms with E-state index in [4.69, 9.17) is 0 Å². The van der Waals surface area contributed by atoms with Crippen molar-refractivity contribution in [3.05, 3.63) is 107 Å². The van der Waals surface area contributed by atoms with E-state index in [1.807, 2.05) is 18.2 Å². The van der Waals surface area contributed by atoms with Gasteiger partial charge >= 0.3 is 0 Å². The van der Waals surface area contributed by atoms with Gasteiger partial charge in [-0.2, -0.15) is 0 Å². The van der Waals surface area contributed by atoms with Crippen molar-refractivity contribution in [2.24, 2.45) is 0 Å². The van der Waals surface area contributed by atoms with Crippen LogP contribution in [-0.2, 0) is 0 Å². The fourth-order valence-corrected chi connectivity index (χ4v) is 4.04. The van der Waals surface area contributed by atoms with E-state index in [2.05, 4.69) is 48.2 Å². The van der Waals surface area contributed by atoms with Crippen LogP contribution in [0.2, 0.25) is 0 Å². The third-order valence-corrected chi connectivity index (χ3v) is 5.65. The SMILES string of the molecule is Cc1ccc([C@H](c2ccccc2)N2CCN(C(=O)c3c(F)cccc3F)CC2)cc1. The molecular weight excluding hydrogens is 382 g/mol. The zero-order chi connectivity index (χ0) is 21.1. The van der Waals surface area contributed by atoms with Crippen LogP contribution < -0.4 is 0 Å². The van der Waals surface area contributed by atoms with Crippen molar-refractivity contribution in [2.75, 3.05) is 26.2 Å². The normalized spacial score (nSPS) is 15.8. The molecule has 1 heterocycles. The highest BCUT2D eigenvalue weighted by Gasteiger charge is 2.30. The van der Waals surface area contributed by atoms with Crippen molar-refractivity contribution in [2.45, 2.75) is 13.0 Å². The Kier molecular flexibility index (Phi) is 5.91. The van der Waals surface area contributed by atoms with Crippen molar-refractivity contribution in [3.63, 3.8) is 0 Å². The first-order valence-electron chi connectivity index (χ1n) is 10.1.